The van der Waals surface area contributed by atoms with Crippen molar-refractivity contribution in [2.75, 3.05) is 6.54 Å². The molecule has 1 heterocycles. The zero-order valence-corrected chi connectivity index (χ0v) is 9.80. The minimum atomic E-state index is -0.393. The van der Waals surface area contributed by atoms with E-state index in [0.29, 0.717) is 17.8 Å². The Hall–Kier alpha value is -2.21. The number of aromatic amines is 1. The van der Waals surface area contributed by atoms with E-state index in [2.05, 4.69) is 9.97 Å². The summed E-state index contributed by atoms with van der Waals surface area (Å²) in [5.41, 5.74) is 6.71. The highest BCUT2D eigenvalue weighted by Gasteiger charge is 2.15. The molecule has 0 saturated heterocycles. The number of nitro benzene ring substituents is 1. The second-order valence-electron chi connectivity index (χ2n) is 3.91. The third kappa shape index (κ3) is 2.54. The second kappa shape index (κ2) is 5.42. The first-order valence-electron chi connectivity index (χ1n) is 5.70. The fraction of sp³-hybridized carbons (Fsp3) is 0.250. The quantitative estimate of drug-likeness (QED) is 0.621. The summed E-state index contributed by atoms with van der Waals surface area (Å²) in [6.45, 7) is 0.599. The van der Waals surface area contributed by atoms with Crippen LogP contribution in [0.1, 0.15) is 12.2 Å². The fourth-order valence-corrected chi connectivity index (χ4v) is 1.76. The maximum Gasteiger partial charge on any atom is 0.278 e. The zero-order chi connectivity index (χ0) is 13.0. The van der Waals surface area contributed by atoms with Crippen LogP contribution in [0.15, 0.2) is 30.5 Å². The molecular formula is C12H14N4O2. The van der Waals surface area contributed by atoms with Crippen molar-refractivity contribution in [3.63, 3.8) is 0 Å². The number of nitrogens with two attached hydrogens (primary N) is 1. The molecule has 0 saturated carbocycles. The average Bonchev–Trinajstić information content (AvgIpc) is 2.85. The summed E-state index contributed by atoms with van der Waals surface area (Å²) >= 11 is 0. The summed E-state index contributed by atoms with van der Waals surface area (Å²) in [6.07, 6.45) is 3.20. The van der Waals surface area contributed by atoms with Gasteiger partial charge in [-0.15, -0.1) is 0 Å². The lowest BCUT2D eigenvalue weighted by Gasteiger charge is -1.99. The predicted molar refractivity (Wildman–Crippen MR) is 68.1 cm³/mol. The first-order chi connectivity index (χ1) is 8.72. The van der Waals surface area contributed by atoms with Gasteiger partial charge in [-0.05, 0) is 19.0 Å². The third-order valence-electron chi connectivity index (χ3n) is 2.64. The molecule has 2 aromatic rings. The van der Waals surface area contributed by atoms with E-state index >= 15 is 0 Å². The van der Waals surface area contributed by atoms with Crippen molar-refractivity contribution in [3.8, 4) is 11.3 Å². The number of hydrogen-bond acceptors (Lipinski definition) is 4. The van der Waals surface area contributed by atoms with Gasteiger partial charge < -0.3 is 10.7 Å². The molecule has 0 aliphatic carbocycles. The van der Waals surface area contributed by atoms with E-state index in [4.69, 9.17) is 5.73 Å². The number of H-pyrrole nitrogens is 1. The van der Waals surface area contributed by atoms with Crippen molar-refractivity contribution < 1.29 is 4.92 Å². The maximum absolute atomic E-state index is 10.9. The van der Waals surface area contributed by atoms with Crippen LogP contribution in [0.2, 0.25) is 0 Å². The molecule has 0 unspecified atom stereocenters. The van der Waals surface area contributed by atoms with Gasteiger partial charge in [-0.1, -0.05) is 12.1 Å². The third-order valence-corrected chi connectivity index (χ3v) is 2.64. The van der Waals surface area contributed by atoms with Crippen LogP contribution in [0.3, 0.4) is 0 Å². The number of aromatic nitrogens is 2. The number of nitrogens with one attached hydrogen (secondary N) is 1. The summed E-state index contributed by atoms with van der Waals surface area (Å²) in [4.78, 5) is 17.8. The van der Waals surface area contributed by atoms with E-state index in [-0.39, 0.29) is 5.69 Å². The fourth-order valence-electron chi connectivity index (χ4n) is 1.76. The Morgan fingerprint density at radius 1 is 1.39 bits per heavy atom. The maximum atomic E-state index is 10.9. The summed E-state index contributed by atoms with van der Waals surface area (Å²) in [6, 6.07) is 6.60. The molecule has 6 heteroatoms. The van der Waals surface area contributed by atoms with Gasteiger partial charge in [0.05, 0.1) is 22.4 Å². The van der Waals surface area contributed by atoms with E-state index in [0.717, 1.165) is 18.7 Å². The highest BCUT2D eigenvalue weighted by Crippen LogP contribution is 2.27. The Balaban J connectivity index is 2.31. The van der Waals surface area contributed by atoms with Crippen LogP contribution < -0.4 is 5.73 Å². The molecule has 0 fully saturated rings. The van der Waals surface area contributed by atoms with Gasteiger partial charge in [0.2, 0.25) is 0 Å². The van der Waals surface area contributed by atoms with E-state index < -0.39 is 4.92 Å². The Morgan fingerprint density at radius 2 is 2.17 bits per heavy atom. The monoisotopic (exact) mass is 246 g/mol. The van der Waals surface area contributed by atoms with Gasteiger partial charge in [-0.3, -0.25) is 10.1 Å². The highest BCUT2D eigenvalue weighted by molar-refractivity contribution is 5.70. The number of benzene rings is 1. The first kappa shape index (κ1) is 12.3. The van der Waals surface area contributed by atoms with Crippen molar-refractivity contribution in [2.45, 2.75) is 12.8 Å². The molecule has 1 aromatic carbocycles. The molecule has 6 nitrogen and oxygen atoms in total. The lowest BCUT2D eigenvalue weighted by Crippen LogP contribution is -2.01. The molecule has 94 valence electrons. The second-order valence-corrected chi connectivity index (χ2v) is 3.91. The van der Waals surface area contributed by atoms with Crippen LogP contribution in [-0.4, -0.2) is 21.4 Å². The van der Waals surface area contributed by atoms with Gasteiger partial charge in [0.1, 0.15) is 5.82 Å². The SMILES string of the molecule is NCCCc1ncc(-c2ccccc2[N+](=O)[O-])[nH]1. The summed E-state index contributed by atoms with van der Waals surface area (Å²) in [5, 5.41) is 10.9. The van der Waals surface area contributed by atoms with Crippen molar-refractivity contribution in [1.82, 2.24) is 9.97 Å². The van der Waals surface area contributed by atoms with Gasteiger partial charge >= 0.3 is 0 Å². The van der Waals surface area contributed by atoms with Crippen LogP contribution >= 0.6 is 0 Å². The molecule has 0 spiro atoms. The number of rotatable bonds is 5. The topological polar surface area (TPSA) is 97.8 Å². The lowest BCUT2D eigenvalue weighted by atomic mass is 10.1. The minimum Gasteiger partial charge on any atom is -0.342 e. The summed E-state index contributed by atoms with van der Waals surface area (Å²) in [7, 11) is 0. The predicted octanol–water partition coefficient (Wildman–Crippen LogP) is 1.88. The van der Waals surface area contributed by atoms with Crippen molar-refractivity contribution in [1.29, 1.82) is 0 Å². The highest BCUT2D eigenvalue weighted by atomic mass is 16.6. The Morgan fingerprint density at radius 3 is 2.89 bits per heavy atom. The van der Waals surface area contributed by atoms with E-state index in [1.54, 1.807) is 24.4 Å². The Bertz CT molecular complexity index is 551. The normalized spacial score (nSPS) is 10.5. The largest absolute Gasteiger partial charge is 0.342 e. The molecule has 3 N–H and O–H groups in total. The van der Waals surface area contributed by atoms with Crippen LogP contribution in [0, 0.1) is 10.1 Å². The Kier molecular flexibility index (Phi) is 3.69. The van der Waals surface area contributed by atoms with Gasteiger partial charge in [0.25, 0.3) is 5.69 Å². The average molecular weight is 246 g/mol. The number of para-hydroxylation sites is 1. The molecule has 0 aliphatic rings. The number of nitro groups is 1. The molecule has 18 heavy (non-hydrogen) atoms. The molecule has 0 aliphatic heterocycles. The van der Waals surface area contributed by atoms with Gasteiger partial charge in [0.15, 0.2) is 0 Å². The van der Waals surface area contributed by atoms with Crippen molar-refractivity contribution >= 4 is 5.69 Å². The van der Waals surface area contributed by atoms with Crippen LogP contribution in [0.25, 0.3) is 11.3 Å². The zero-order valence-electron chi connectivity index (χ0n) is 9.80. The van der Waals surface area contributed by atoms with Gasteiger partial charge in [-0.25, -0.2) is 4.98 Å². The molecular weight excluding hydrogens is 232 g/mol. The molecule has 0 radical (unpaired) electrons. The first-order valence-corrected chi connectivity index (χ1v) is 5.70. The number of nitrogens with zero attached hydrogens (tertiary/aromatic N) is 2. The summed E-state index contributed by atoms with van der Waals surface area (Å²) in [5.74, 6) is 0.800. The van der Waals surface area contributed by atoms with Crippen LogP contribution in [0.5, 0.6) is 0 Å². The smallest absolute Gasteiger partial charge is 0.278 e. The minimum absolute atomic E-state index is 0.0755. The lowest BCUT2D eigenvalue weighted by molar-refractivity contribution is -0.384. The van der Waals surface area contributed by atoms with Crippen LogP contribution in [-0.2, 0) is 6.42 Å². The molecule has 0 amide bonds. The summed E-state index contributed by atoms with van der Waals surface area (Å²) < 4.78 is 0. The van der Waals surface area contributed by atoms with E-state index in [1.165, 1.54) is 6.07 Å². The molecule has 0 atom stereocenters. The van der Waals surface area contributed by atoms with Gasteiger partial charge in [0, 0.05) is 12.5 Å². The number of imidazole rings is 1. The van der Waals surface area contributed by atoms with Crippen LogP contribution in [0.4, 0.5) is 5.69 Å². The van der Waals surface area contributed by atoms with Crippen molar-refractivity contribution in [3.05, 3.63) is 46.4 Å². The number of hydrogen-bond donors (Lipinski definition) is 2. The Labute approximate surface area is 104 Å². The standard InChI is InChI=1S/C12H14N4O2/c13-7-3-6-12-14-8-10(15-12)9-4-1-2-5-11(9)16(17)18/h1-2,4-5,8H,3,6-7,13H2,(H,14,15). The molecule has 2 rings (SSSR count). The van der Waals surface area contributed by atoms with E-state index in [9.17, 15) is 10.1 Å². The van der Waals surface area contributed by atoms with Crippen molar-refractivity contribution in [2.24, 2.45) is 5.73 Å². The molecule has 1 aromatic heterocycles. The number of aryl methyl sites for hydroxylation is 1. The van der Waals surface area contributed by atoms with E-state index in [1.807, 2.05) is 0 Å². The molecule has 0 bridgehead atoms. The van der Waals surface area contributed by atoms with Gasteiger partial charge in [-0.2, -0.15) is 0 Å².